The average molecular weight is 541 g/mol. The van der Waals surface area contributed by atoms with Crippen molar-refractivity contribution in [1.29, 1.82) is 0 Å². The number of aliphatic hydroxyl groups is 1. The lowest BCUT2D eigenvalue weighted by molar-refractivity contribution is 0.169. The number of thioether (sulfide) groups is 1. The number of nitrogens with one attached hydrogen (secondary N) is 2. The third kappa shape index (κ3) is 8.48. The van der Waals surface area contributed by atoms with E-state index in [9.17, 15) is 10.2 Å². The Balaban J connectivity index is 1.81. The first kappa shape index (κ1) is 29.0. The van der Waals surface area contributed by atoms with Crippen LogP contribution in [0.3, 0.4) is 0 Å². The highest BCUT2D eigenvalue weighted by molar-refractivity contribution is 7.98. The van der Waals surface area contributed by atoms with Gasteiger partial charge in [-0.05, 0) is 80.5 Å². The Hall–Kier alpha value is -2.55. The number of hydrogen-bond donors (Lipinski definition) is 4. The number of allylic oxidation sites excluding steroid dienone is 1. The molecule has 1 aliphatic rings. The zero-order valence-electron chi connectivity index (χ0n) is 22.0. The summed E-state index contributed by atoms with van der Waals surface area (Å²) in [5.41, 5.74) is 4.93. The number of aliphatic hydroxyl groups excluding tert-OH is 1. The van der Waals surface area contributed by atoms with Crippen molar-refractivity contribution in [2.24, 2.45) is 4.99 Å². The molecule has 0 fully saturated rings. The number of aliphatic imine (C=N–C) groups is 1. The van der Waals surface area contributed by atoms with Crippen molar-refractivity contribution in [1.82, 2.24) is 15.2 Å². The first-order valence-electron chi connectivity index (χ1n) is 12.6. The van der Waals surface area contributed by atoms with Crippen LogP contribution in [0.25, 0.3) is 6.08 Å². The van der Waals surface area contributed by atoms with E-state index in [4.69, 9.17) is 16.6 Å². The highest BCUT2D eigenvalue weighted by atomic mass is 35.5. The van der Waals surface area contributed by atoms with Crippen LogP contribution < -0.4 is 5.32 Å². The maximum atomic E-state index is 10.8. The van der Waals surface area contributed by atoms with Crippen LogP contribution in [0.4, 0.5) is 0 Å². The largest absolute Gasteiger partial charge is 0.494 e. The molecule has 0 amide bonds. The number of rotatable bonds is 11. The summed E-state index contributed by atoms with van der Waals surface area (Å²) in [5, 5.41) is 25.4. The third-order valence-electron chi connectivity index (χ3n) is 6.29. The lowest BCUT2D eigenvalue weighted by Crippen LogP contribution is -2.39. The van der Waals surface area contributed by atoms with Gasteiger partial charge in [-0.25, -0.2) is 0 Å². The van der Waals surface area contributed by atoms with Crippen LogP contribution in [0.1, 0.15) is 38.8 Å². The Morgan fingerprint density at radius 1 is 1.11 bits per heavy atom. The number of benzene rings is 1. The molecule has 1 atom stereocenters. The summed E-state index contributed by atoms with van der Waals surface area (Å²) in [7, 11) is 0. The van der Waals surface area contributed by atoms with Crippen LogP contribution in [0.15, 0.2) is 81.5 Å². The monoisotopic (exact) mass is 540 g/mol. The Morgan fingerprint density at radius 3 is 2.54 bits per heavy atom. The zero-order valence-corrected chi connectivity index (χ0v) is 23.5. The standard InChI is InChI=1S/C29H37ClN4O2S/c1-5-34(6-2)17-16-32-29(36)27-20(3)26(33-21(27)4)18-23-11-14-25(8-7-15-31-28(23)35)37-19-22-9-12-24(30)13-10-22/h7-15,18,29,31-32,35-36H,5-6,16-17,19H2,1-4H3. The molecule has 37 heavy (non-hydrogen) atoms. The SMILES string of the molecule is CCN(CC)CCNC(O)C1=C(C)C(=Cc2ccc(SCc3ccc(Cl)cc3)ccc[nH]c2O)N=C1C. The van der Waals surface area contributed by atoms with Gasteiger partial charge < -0.3 is 20.1 Å². The number of H-pyrrole nitrogens is 1. The first-order chi connectivity index (χ1) is 17.8. The van der Waals surface area contributed by atoms with E-state index >= 15 is 0 Å². The van der Waals surface area contributed by atoms with E-state index < -0.39 is 6.23 Å². The summed E-state index contributed by atoms with van der Waals surface area (Å²) in [6, 6.07) is 15.5. The van der Waals surface area contributed by atoms with Crippen molar-refractivity contribution < 1.29 is 10.2 Å². The maximum absolute atomic E-state index is 10.8. The van der Waals surface area contributed by atoms with Crippen LogP contribution >= 0.6 is 23.4 Å². The summed E-state index contributed by atoms with van der Waals surface area (Å²) >= 11 is 7.69. The third-order valence-corrected chi connectivity index (χ3v) is 7.62. The second-order valence-corrected chi connectivity index (χ2v) is 10.3. The van der Waals surface area contributed by atoms with Crippen molar-refractivity contribution in [2.45, 2.75) is 44.6 Å². The minimum Gasteiger partial charge on any atom is -0.494 e. The maximum Gasteiger partial charge on any atom is 0.195 e. The van der Waals surface area contributed by atoms with Crippen molar-refractivity contribution in [2.75, 3.05) is 26.2 Å². The van der Waals surface area contributed by atoms with E-state index in [2.05, 4.69) is 29.0 Å². The van der Waals surface area contributed by atoms with E-state index in [-0.39, 0.29) is 5.88 Å². The minimum absolute atomic E-state index is 0.0318. The molecule has 0 bridgehead atoms. The topological polar surface area (TPSA) is 83.9 Å². The van der Waals surface area contributed by atoms with Crippen molar-refractivity contribution in [3.05, 3.63) is 87.7 Å². The molecule has 8 heteroatoms. The number of aromatic hydroxyl groups is 1. The van der Waals surface area contributed by atoms with Gasteiger partial charge in [0.1, 0.15) is 6.23 Å². The molecular formula is C29H37ClN4O2S. The van der Waals surface area contributed by atoms with Gasteiger partial charge in [0.25, 0.3) is 0 Å². The molecule has 6 nitrogen and oxygen atoms in total. The number of hydrogen-bond acceptors (Lipinski definition) is 6. The highest BCUT2D eigenvalue weighted by Crippen LogP contribution is 2.30. The zero-order chi connectivity index (χ0) is 26.8. The second kappa shape index (κ2) is 14.4. The molecule has 0 saturated heterocycles. The van der Waals surface area contributed by atoms with Crippen molar-refractivity contribution in [3.63, 3.8) is 0 Å². The normalized spacial score (nSPS) is 15.3. The van der Waals surface area contributed by atoms with Gasteiger partial charge in [0, 0.05) is 51.8 Å². The Bertz CT molecular complexity index is 1200. The summed E-state index contributed by atoms with van der Waals surface area (Å²) in [6.07, 6.45) is 2.74. The van der Waals surface area contributed by atoms with Crippen molar-refractivity contribution in [3.8, 4) is 5.88 Å². The van der Waals surface area contributed by atoms with Crippen molar-refractivity contribution >= 4 is 35.2 Å². The summed E-state index contributed by atoms with van der Waals surface area (Å²) in [4.78, 5) is 11.0. The predicted molar refractivity (Wildman–Crippen MR) is 157 cm³/mol. The van der Waals surface area contributed by atoms with Gasteiger partial charge in [-0.2, -0.15) is 0 Å². The fourth-order valence-electron chi connectivity index (χ4n) is 4.05. The molecule has 2 heterocycles. The van der Waals surface area contributed by atoms with Gasteiger partial charge in [0.2, 0.25) is 0 Å². The molecule has 0 aliphatic carbocycles. The number of halogens is 1. The fraction of sp³-hybridized carbons (Fsp3) is 0.345. The molecule has 3 rings (SSSR count). The summed E-state index contributed by atoms with van der Waals surface area (Å²) in [5.74, 6) is 0.832. The van der Waals surface area contributed by atoms with Gasteiger partial charge in [0.15, 0.2) is 5.88 Å². The Labute approximate surface area is 229 Å². The molecule has 4 N–H and O–H groups in total. The van der Waals surface area contributed by atoms with E-state index in [1.54, 1.807) is 18.0 Å². The van der Waals surface area contributed by atoms with Gasteiger partial charge in [-0.1, -0.05) is 37.6 Å². The van der Waals surface area contributed by atoms with Crippen LogP contribution in [0.5, 0.6) is 5.88 Å². The lowest BCUT2D eigenvalue weighted by Gasteiger charge is -2.21. The molecule has 198 valence electrons. The second-order valence-electron chi connectivity index (χ2n) is 8.77. The average Bonchev–Trinajstić information content (AvgIpc) is 3.21. The molecule has 0 radical (unpaired) electrons. The van der Waals surface area contributed by atoms with Gasteiger partial charge >= 0.3 is 0 Å². The molecule has 0 saturated carbocycles. The summed E-state index contributed by atoms with van der Waals surface area (Å²) < 4.78 is 0. The van der Waals surface area contributed by atoms with Gasteiger partial charge in [0.05, 0.1) is 5.70 Å². The molecule has 0 spiro atoms. The quantitative estimate of drug-likeness (QED) is 0.202. The van der Waals surface area contributed by atoms with Crippen LogP contribution in [0.2, 0.25) is 5.02 Å². The number of aromatic amines is 1. The molecule has 1 aromatic carbocycles. The van der Waals surface area contributed by atoms with Gasteiger partial charge in [-0.15, -0.1) is 11.8 Å². The van der Waals surface area contributed by atoms with E-state index in [0.717, 1.165) is 52.2 Å². The van der Waals surface area contributed by atoms with E-state index in [0.29, 0.717) is 17.8 Å². The van der Waals surface area contributed by atoms with Crippen LogP contribution in [-0.2, 0) is 5.75 Å². The molecular weight excluding hydrogens is 504 g/mol. The predicted octanol–water partition coefficient (Wildman–Crippen LogP) is 6.17. The Kier molecular flexibility index (Phi) is 11.3. The number of nitrogens with zero attached hydrogens (tertiary/aromatic N) is 2. The minimum atomic E-state index is -0.802. The van der Waals surface area contributed by atoms with E-state index in [1.807, 2.05) is 68.5 Å². The molecule has 2 aromatic rings. The van der Waals surface area contributed by atoms with Gasteiger partial charge in [-0.3, -0.25) is 10.3 Å². The van der Waals surface area contributed by atoms with Crippen LogP contribution in [-0.4, -0.2) is 58.2 Å². The Morgan fingerprint density at radius 2 is 1.84 bits per heavy atom. The first-order valence-corrected chi connectivity index (χ1v) is 13.9. The number of likely N-dealkylation sites (N-methyl/N-ethyl adjacent to an activating group) is 1. The fourth-order valence-corrected chi connectivity index (χ4v) is 5.04. The summed E-state index contributed by atoms with van der Waals surface area (Å²) in [6.45, 7) is 11.6. The van der Waals surface area contributed by atoms with Crippen LogP contribution in [0, 0.1) is 0 Å². The molecule has 1 aliphatic heterocycles. The van der Waals surface area contributed by atoms with E-state index in [1.165, 1.54) is 5.56 Å². The lowest BCUT2D eigenvalue weighted by atomic mass is 10.0. The highest BCUT2D eigenvalue weighted by Gasteiger charge is 2.24. The smallest absolute Gasteiger partial charge is 0.195 e. The molecule has 1 unspecified atom stereocenters. The number of aromatic nitrogens is 1. The molecule has 1 aromatic heterocycles.